The van der Waals surface area contributed by atoms with Crippen LogP contribution in [0.25, 0.3) is 0 Å². The molecular weight excluding hydrogens is 368 g/mol. The fraction of sp³-hybridized carbons (Fsp3) is 0.300. The standard InChI is InChI=1S/C10H7BrClF2NO3S/c11-6-1-2-7(10(13)9(6)12)15-4-5(3-8(15)16)19(14,17)18/h1-2,5H,3-4H2. The number of halogens is 4. The number of hydrogen-bond donors (Lipinski definition) is 0. The van der Waals surface area contributed by atoms with E-state index in [1.54, 1.807) is 0 Å². The van der Waals surface area contributed by atoms with E-state index in [4.69, 9.17) is 11.6 Å². The molecule has 0 aliphatic carbocycles. The number of amides is 1. The normalized spacial score (nSPS) is 20.1. The number of hydrogen-bond acceptors (Lipinski definition) is 3. The fourth-order valence-electron chi connectivity index (χ4n) is 1.82. The van der Waals surface area contributed by atoms with Crippen molar-refractivity contribution in [2.24, 2.45) is 0 Å². The van der Waals surface area contributed by atoms with Gasteiger partial charge in [0.15, 0.2) is 5.82 Å². The Balaban J connectivity index is 2.39. The lowest BCUT2D eigenvalue weighted by atomic mass is 10.3. The Morgan fingerprint density at radius 1 is 1.42 bits per heavy atom. The molecular formula is C10H7BrClF2NO3S. The van der Waals surface area contributed by atoms with Gasteiger partial charge in [-0.2, -0.15) is 8.42 Å². The number of rotatable bonds is 2. The molecule has 1 aliphatic heterocycles. The average molecular weight is 375 g/mol. The lowest BCUT2D eigenvalue weighted by Gasteiger charge is -2.17. The van der Waals surface area contributed by atoms with Crippen LogP contribution in [0.4, 0.5) is 14.0 Å². The summed E-state index contributed by atoms with van der Waals surface area (Å²) in [5.74, 6) is -1.52. The molecule has 1 aliphatic rings. The van der Waals surface area contributed by atoms with Crippen molar-refractivity contribution in [3.8, 4) is 0 Å². The third kappa shape index (κ3) is 2.75. The van der Waals surface area contributed by atoms with Gasteiger partial charge in [-0.3, -0.25) is 4.79 Å². The molecule has 0 bridgehead atoms. The van der Waals surface area contributed by atoms with E-state index in [2.05, 4.69) is 15.9 Å². The van der Waals surface area contributed by atoms with Gasteiger partial charge in [0.2, 0.25) is 5.91 Å². The van der Waals surface area contributed by atoms with Gasteiger partial charge in [-0.05, 0) is 28.1 Å². The molecule has 0 N–H and O–H groups in total. The zero-order valence-corrected chi connectivity index (χ0v) is 12.4. The van der Waals surface area contributed by atoms with Crippen LogP contribution in [0.5, 0.6) is 0 Å². The first-order valence-electron chi connectivity index (χ1n) is 5.09. The van der Waals surface area contributed by atoms with Crippen molar-refractivity contribution >= 4 is 49.3 Å². The summed E-state index contributed by atoms with van der Waals surface area (Å²) in [6.07, 6.45) is -0.508. The minimum absolute atomic E-state index is 0.163. The Kier molecular flexibility index (Phi) is 3.85. The molecule has 0 aromatic heterocycles. The number of anilines is 1. The quantitative estimate of drug-likeness (QED) is 0.591. The number of carbonyl (C=O) groups excluding carboxylic acids is 1. The molecule has 0 spiro atoms. The summed E-state index contributed by atoms with van der Waals surface area (Å²) in [7, 11) is -4.83. The molecule has 1 fully saturated rings. The lowest BCUT2D eigenvalue weighted by molar-refractivity contribution is -0.117. The van der Waals surface area contributed by atoms with E-state index >= 15 is 0 Å². The van der Waals surface area contributed by atoms with Crippen molar-refractivity contribution in [2.45, 2.75) is 11.7 Å². The van der Waals surface area contributed by atoms with Gasteiger partial charge in [0.1, 0.15) is 5.25 Å². The predicted molar refractivity (Wildman–Crippen MR) is 69.9 cm³/mol. The first-order valence-corrected chi connectivity index (χ1v) is 7.71. The summed E-state index contributed by atoms with van der Waals surface area (Å²) < 4.78 is 48.7. The Labute approximate surface area is 121 Å². The van der Waals surface area contributed by atoms with Crippen LogP contribution in [-0.2, 0) is 15.0 Å². The summed E-state index contributed by atoms with van der Waals surface area (Å²) in [5, 5.41) is -1.70. The Hall–Kier alpha value is -0.730. The highest BCUT2D eigenvalue weighted by Crippen LogP contribution is 2.34. The lowest BCUT2D eigenvalue weighted by Crippen LogP contribution is -2.27. The van der Waals surface area contributed by atoms with Crippen LogP contribution >= 0.6 is 27.5 Å². The van der Waals surface area contributed by atoms with Gasteiger partial charge < -0.3 is 4.90 Å². The van der Waals surface area contributed by atoms with Crippen LogP contribution in [0.2, 0.25) is 5.02 Å². The maximum absolute atomic E-state index is 13.9. The smallest absolute Gasteiger partial charge is 0.307 e. The highest BCUT2D eigenvalue weighted by Gasteiger charge is 2.40. The molecule has 1 aromatic rings. The van der Waals surface area contributed by atoms with E-state index in [1.165, 1.54) is 12.1 Å². The predicted octanol–water partition coefficient (Wildman–Crippen LogP) is 2.65. The van der Waals surface area contributed by atoms with Crippen LogP contribution in [0.15, 0.2) is 16.6 Å². The maximum atomic E-state index is 13.9. The second-order valence-corrected chi connectivity index (χ2v) is 6.85. The minimum Gasteiger partial charge on any atom is -0.308 e. The largest absolute Gasteiger partial charge is 0.308 e. The molecule has 0 radical (unpaired) electrons. The van der Waals surface area contributed by atoms with E-state index in [0.29, 0.717) is 4.47 Å². The SMILES string of the molecule is O=C1CC(S(=O)(=O)F)CN1c1ccc(Br)c(Cl)c1F. The first kappa shape index (κ1) is 14.7. The molecule has 1 saturated heterocycles. The summed E-state index contributed by atoms with van der Waals surface area (Å²) in [6.45, 7) is -0.424. The van der Waals surface area contributed by atoms with Crippen molar-refractivity contribution in [3.05, 3.63) is 27.4 Å². The van der Waals surface area contributed by atoms with E-state index in [1.807, 2.05) is 0 Å². The van der Waals surface area contributed by atoms with Crippen molar-refractivity contribution < 1.29 is 21.5 Å². The van der Waals surface area contributed by atoms with Crippen molar-refractivity contribution in [1.29, 1.82) is 0 Å². The topological polar surface area (TPSA) is 54.5 Å². The van der Waals surface area contributed by atoms with Crippen LogP contribution in [0, 0.1) is 5.82 Å². The highest BCUT2D eigenvalue weighted by molar-refractivity contribution is 9.10. The van der Waals surface area contributed by atoms with Gasteiger partial charge in [-0.25, -0.2) is 4.39 Å². The number of carbonyl (C=O) groups is 1. The minimum atomic E-state index is -4.83. The van der Waals surface area contributed by atoms with E-state index in [-0.39, 0.29) is 10.7 Å². The second-order valence-electron chi connectivity index (χ2n) is 4.00. The Bertz CT molecular complexity index is 652. The molecule has 104 valence electrons. The Morgan fingerprint density at radius 2 is 2.05 bits per heavy atom. The fourth-order valence-corrected chi connectivity index (χ4v) is 2.96. The van der Waals surface area contributed by atoms with Crippen molar-refractivity contribution in [3.63, 3.8) is 0 Å². The molecule has 19 heavy (non-hydrogen) atoms. The van der Waals surface area contributed by atoms with Gasteiger partial charge in [0.05, 0.1) is 10.7 Å². The van der Waals surface area contributed by atoms with Crippen LogP contribution in [0.3, 0.4) is 0 Å². The molecule has 2 rings (SSSR count). The molecule has 1 aromatic carbocycles. The van der Waals surface area contributed by atoms with Gasteiger partial charge in [0, 0.05) is 17.4 Å². The van der Waals surface area contributed by atoms with E-state index < -0.39 is 40.2 Å². The number of benzene rings is 1. The summed E-state index contributed by atoms with van der Waals surface area (Å²) in [4.78, 5) is 12.5. The zero-order valence-electron chi connectivity index (χ0n) is 9.24. The molecule has 9 heteroatoms. The van der Waals surface area contributed by atoms with Crippen LogP contribution in [-0.4, -0.2) is 26.1 Å². The highest BCUT2D eigenvalue weighted by atomic mass is 79.9. The molecule has 1 atom stereocenters. The van der Waals surface area contributed by atoms with Crippen LogP contribution in [0.1, 0.15) is 6.42 Å². The maximum Gasteiger partial charge on any atom is 0.307 e. The van der Waals surface area contributed by atoms with Crippen molar-refractivity contribution in [2.75, 3.05) is 11.4 Å². The van der Waals surface area contributed by atoms with Crippen LogP contribution < -0.4 is 4.90 Å². The average Bonchev–Trinajstić information content (AvgIpc) is 2.68. The van der Waals surface area contributed by atoms with Crippen molar-refractivity contribution in [1.82, 2.24) is 0 Å². The van der Waals surface area contributed by atoms with Gasteiger partial charge in [-0.1, -0.05) is 11.6 Å². The third-order valence-electron chi connectivity index (χ3n) is 2.79. The zero-order chi connectivity index (χ0) is 14.4. The van der Waals surface area contributed by atoms with E-state index in [9.17, 15) is 21.5 Å². The molecule has 0 saturated carbocycles. The second kappa shape index (κ2) is 4.99. The number of nitrogens with zero attached hydrogens (tertiary/aromatic N) is 1. The third-order valence-corrected chi connectivity index (χ3v) is 5.16. The van der Waals surface area contributed by atoms with Gasteiger partial charge in [0.25, 0.3) is 0 Å². The van der Waals surface area contributed by atoms with E-state index in [0.717, 1.165) is 4.90 Å². The molecule has 1 unspecified atom stereocenters. The summed E-state index contributed by atoms with van der Waals surface area (Å²) in [6, 6.07) is 2.70. The molecule has 4 nitrogen and oxygen atoms in total. The summed E-state index contributed by atoms with van der Waals surface area (Å²) >= 11 is 8.70. The Morgan fingerprint density at radius 3 is 2.58 bits per heavy atom. The van der Waals surface area contributed by atoms with Gasteiger partial charge in [-0.15, -0.1) is 3.89 Å². The van der Waals surface area contributed by atoms with Gasteiger partial charge >= 0.3 is 10.2 Å². The molecule has 1 amide bonds. The first-order chi connectivity index (χ1) is 8.71. The monoisotopic (exact) mass is 373 g/mol. The molecule has 1 heterocycles. The summed E-state index contributed by atoms with van der Waals surface area (Å²) in [5.41, 5.74) is -0.163.